The Labute approximate surface area is 180 Å². The van der Waals surface area contributed by atoms with Crippen molar-refractivity contribution in [2.45, 2.75) is 5.16 Å². The van der Waals surface area contributed by atoms with Gasteiger partial charge in [-0.1, -0.05) is 41.3 Å². The second-order valence-electron chi connectivity index (χ2n) is 5.97. The Kier molecular flexibility index (Phi) is 5.44. The van der Waals surface area contributed by atoms with Crippen molar-refractivity contribution >= 4 is 45.7 Å². The molecule has 29 heavy (non-hydrogen) atoms. The van der Waals surface area contributed by atoms with Gasteiger partial charge in [0, 0.05) is 11.8 Å². The molecule has 6 nitrogen and oxygen atoms in total. The summed E-state index contributed by atoms with van der Waals surface area (Å²) in [5.74, 6) is 1.17. The van der Waals surface area contributed by atoms with Crippen LogP contribution < -0.4 is 15.0 Å². The minimum atomic E-state index is -0.186. The quantitative estimate of drug-likeness (QED) is 0.253. The van der Waals surface area contributed by atoms with Crippen molar-refractivity contribution in [3.05, 3.63) is 62.8 Å². The number of benzene rings is 2. The SMILES string of the molecule is COc1ccc(-n2c(SC)nc3c(sc(=S)n3-c3ccccc3)c2=O)c(OC)c1. The van der Waals surface area contributed by atoms with E-state index in [1.807, 2.05) is 41.2 Å². The average Bonchev–Trinajstić information content (AvgIpc) is 3.10. The molecular formula is C20H17N3O3S3. The molecule has 0 unspecified atom stereocenters. The molecule has 148 valence electrons. The zero-order chi connectivity index (χ0) is 20.5. The van der Waals surface area contributed by atoms with Crippen LogP contribution in [0.1, 0.15) is 0 Å². The van der Waals surface area contributed by atoms with Gasteiger partial charge >= 0.3 is 0 Å². The van der Waals surface area contributed by atoms with Crippen LogP contribution in [0.4, 0.5) is 0 Å². The van der Waals surface area contributed by atoms with E-state index in [1.54, 1.807) is 37.0 Å². The number of thiazole rings is 1. The van der Waals surface area contributed by atoms with Gasteiger partial charge in [-0.25, -0.2) is 4.98 Å². The molecule has 2 aromatic carbocycles. The van der Waals surface area contributed by atoms with Crippen LogP contribution in [-0.2, 0) is 0 Å². The largest absolute Gasteiger partial charge is 0.497 e. The summed E-state index contributed by atoms with van der Waals surface area (Å²) in [6.07, 6.45) is 1.88. The van der Waals surface area contributed by atoms with Crippen LogP contribution in [0.2, 0.25) is 0 Å². The van der Waals surface area contributed by atoms with Gasteiger partial charge in [0.05, 0.1) is 19.9 Å². The summed E-state index contributed by atoms with van der Waals surface area (Å²) in [5, 5.41) is 0.545. The van der Waals surface area contributed by atoms with E-state index in [-0.39, 0.29) is 5.56 Å². The molecule has 0 amide bonds. The van der Waals surface area contributed by atoms with Crippen molar-refractivity contribution < 1.29 is 9.47 Å². The van der Waals surface area contributed by atoms with E-state index in [0.29, 0.717) is 36.6 Å². The predicted octanol–water partition coefficient (Wildman–Crippen LogP) is 4.71. The highest BCUT2D eigenvalue weighted by molar-refractivity contribution is 7.98. The zero-order valence-electron chi connectivity index (χ0n) is 15.9. The first-order valence-corrected chi connectivity index (χ1v) is 11.0. The second kappa shape index (κ2) is 8.02. The van der Waals surface area contributed by atoms with E-state index < -0.39 is 0 Å². The number of aromatic nitrogens is 3. The van der Waals surface area contributed by atoms with Crippen molar-refractivity contribution in [2.24, 2.45) is 0 Å². The average molecular weight is 444 g/mol. The summed E-state index contributed by atoms with van der Waals surface area (Å²) >= 11 is 8.20. The first-order chi connectivity index (χ1) is 14.1. The lowest BCUT2D eigenvalue weighted by atomic mass is 10.2. The number of hydrogen-bond donors (Lipinski definition) is 0. The topological polar surface area (TPSA) is 58.3 Å². The molecule has 9 heteroatoms. The van der Waals surface area contributed by atoms with E-state index in [4.69, 9.17) is 26.7 Å². The molecule has 0 aliphatic rings. The van der Waals surface area contributed by atoms with Crippen molar-refractivity contribution in [3.8, 4) is 22.9 Å². The molecule has 0 radical (unpaired) electrons. The number of para-hydroxylation sites is 1. The first kappa shape index (κ1) is 19.7. The summed E-state index contributed by atoms with van der Waals surface area (Å²) in [7, 11) is 3.14. The van der Waals surface area contributed by atoms with Crippen LogP contribution in [0, 0.1) is 3.95 Å². The Morgan fingerprint density at radius 3 is 2.48 bits per heavy atom. The minimum Gasteiger partial charge on any atom is -0.497 e. The highest BCUT2D eigenvalue weighted by Crippen LogP contribution is 2.31. The van der Waals surface area contributed by atoms with Crippen LogP contribution in [0.15, 0.2) is 58.5 Å². The van der Waals surface area contributed by atoms with E-state index in [9.17, 15) is 4.79 Å². The summed E-state index contributed by atoms with van der Waals surface area (Å²) in [6.45, 7) is 0. The Balaban J connectivity index is 2.05. The normalized spacial score (nSPS) is 11.0. The number of hydrogen-bond acceptors (Lipinski definition) is 7. The van der Waals surface area contributed by atoms with Gasteiger partial charge in [0.2, 0.25) is 0 Å². The minimum absolute atomic E-state index is 0.186. The number of rotatable bonds is 5. The molecule has 0 saturated heterocycles. The third-order valence-corrected chi connectivity index (χ3v) is 6.39. The zero-order valence-corrected chi connectivity index (χ0v) is 18.4. The van der Waals surface area contributed by atoms with Crippen LogP contribution in [0.3, 0.4) is 0 Å². The lowest BCUT2D eigenvalue weighted by Crippen LogP contribution is -2.22. The fraction of sp³-hybridized carbons (Fsp3) is 0.150. The maximum Gasteiger partial charge on any atom is 0.278 e. The van der Waals surface area contributed by atoms with Gasteiger partial charge in [-0.15, -0.1) is 0 Å². The Hall–Kier alpha value is -2.62. The summed E-state index contributed by atoms with van der Waals surface area (Å²) in [6, 6.07) is 15.0. The molecule has 0 saturated carbocycles. The summed E-state index contributed by atoms with van der Waals surface area (Å²) in [4.78, 5) is 18.3. The third kappa shape index (κ3) is 3.35. The summed E-state index contributed by atoms with van der Waals surface area (Å²) < 4.78 is 15.2. The monoisotopic (exact) mass is 443 g/mol. The molecule has 0 atom stereocenters. The fourth-order valence-corrected chi connectivity index (χ4v) is 4.91. The van der Waals surface area contributed by atoms with Crippen LogP contribution >= 0.6 is 35.3 Å². The molecular weight excluding hydrogens is 426 g/mol. The van der Waals surface area contributed by atoms with Crippen molar-refractivity contribution in [3.63, 3.8) is 0 Å². The molecule has 2 heterocycles. The number of nitrogens with zero attached hydrogens (tertiary/aromatic N) is 3. The fourth-order valence-electron chi connectivity index (χ4n) is 3.06. The molecule has 0 spiro atoms. The third-order valence-electron chi connectivity index (χ3n) is 4.40. The number of thioether (sulfide) groups is 1. The van der Waals surface area contributed by atoms with Crippen molar-refractivity contribution in [1.29, 1.82) is 0 Å². The number of ether oxygens (including phenoxy) is 2. The van der Waals surface area contributed by atoms with E-state index in [1.165, 1.54) is 23.1 Å². The molecule has 4 aromatic rings. The van der Waals surface area contributed by atoms with Gasteiger partial charge in [0.15, 0.2) is 14.8 Å². The molecule has 0 fully saturated rings. The van der Waals surface area contributed by atoms with Gasteiger partial charge in [0.1, 0.15) is 16.2 Å². The summed E-state index contributed by atoms with van der Waals surface area (Å²) in [5.41, 5.74) is 1.85. The van der Waals surface area contributed by atoms with Crippen molar-refractivity contribution in [1.82, 2.24) is 14.1 Å². The van der Waals surface area contributed by atoms with Gasteiger partial charge < -0.3 is 9.47 Å². The van der Waals surface area contributed by atoms with E-state index in [0.717, 1.165) is 5.69 Å². The molecule has 0 N–H and O–H groups in total. The van der Waals surface area contributed by atoms with Gasteiger partial charge in [-0.3, -0.25) is 13.9 Å². The smallest absolute Gasteiger partial charge is 0.278 e. The van der Waals surface area contributed by atoms with Crippen molar-refractivity contribution in [2.75, 3.05) is 20.5 Å². The van der Waals surface area contributed by atoms with E-state index >= 15 is 0 Å². The maximum atomic E-state index is 13.5. The second-order valence-corrected chi connectivity index (χ2v) is 8.39. The van der Waals surface area contributed by atoms with Gasteiger partial charge in [0.25, 0.3) is 5.56 Å². The molecule has 0 bridgehead atoms. The van der Waals surface area contributed by atoms with Gasteiger partial charge in [-0.05, 0) is 42.7 Å². The highest BCUT2D eigenvalue weighted by Gasteiger charge is 2.20. The van der Waals surface area contributed by atoms with Gasteiger partial charge in [-0.2, -0.15) is 0 Å². The number of methoxy groups -OCH3 is 2. The van der Waals surface area contributed by atoms with Crippen LogP contribution in [-0.4, -0.2) is 34.6 Å². The highest BCUT2D eigenvalue weighted by atomic mass is 32.2. The maximum absolute atomic E-state index is 13.5. The predicted molar refractivity (Wildman–Crippen MR) is 120 cm³/mol. The van der Waals surface area contributed by atoms with Crippen LogP contribution in [0.5, 0.6) is 11.5 Å². The first-order valence-electron chi connectivity index (χ1n) is 8.59. The Morgan fingerprint density at radius 1 is 1.07 bits per heavy atom. The number of fused-ring (bicyclic) bond motifs is 1. The Morgan fingerprint density at radius 2 is 1.83 bits per heavy atom. The molecule has 2 aromatic heterocycles. The lowest BCUT2D eigenvalue weighted by Gasteiger charge is -2.15. The van der Waals surface area contributed by atoms with E-state index in [2.05, 4.69) is 0 Å². The molecule has 0 aliphatic carbocycles. The molecule has 4 rings (SSSR count). The van der Waals surface area contributed by atoms with Crippen LogP contribution in [0.25, 0.3) is 21.7 Å². The standard InChI is InChI=1S/C20H17N3O3S3/c1-25-13-9-10-14(15(11-13)26-2)23-18(24)16-17(21-19(23)28-3)22(20(27)29-16)12-7-5-4-6-8-12/h4-11H,1-3H3. The lowest BCUT2D eigenvalue weighted by molar-refractivity contribution is 0.392. The Bertz CT molecular complexity index is 1310. The molecule has 0 aliphatic heterocycles.